The van der Waals surface area contributed by atoms with Crippen molar-refractivity contribution in [3.8, 4) is 0 Å². The van der Waals surface area contributed by atoms with Crippen LogP contribution < -0.4 is 10.6 Å². The summed E-state index contributed by atoms with van der Waals surface area (Å²) in [6.45, 7) is 2.67. The monoisotopic (exact) mass is 342 g/mol. The van der Waals surface area contributed by atoms with E-state index in [1.807, 2.05) is 13.0 Å². The van der Waals surface area contributed by atoms with E-state index < -0.39 is 6.10 Å². The number of nitrogens with one attached hydrogen (secondary N) is 2. The zero-order valence-corrected chi connectivity index (χ0v) is 14.3. The summed E-state index contributed by atoms with van der Waals surface area (Å²) in [7, 11) is 1.79. The molecule has 0 aromatic carbocycles. The molecule has 1 amide bonds. The molecular weight excluding hydrogens is 320 g/mol. The van der Waals surface area contributed by atoms with Gasteiger partial charge < -0.3 is 20.6 Å². The minimum absolute atomic E-state index is 0.164. The molecule has 2 aromatic rings. The van der Waals surface area contributed by atoms with E-state index in [2.05, 4.69) is 25.6 Å². The number of amides is 1. The Morgan fingerprint density at radius 2 is 2.20 bits per heavy atom. The molecule has 1 aliphatic heterocycles. The third-order valence-corrected chi connectivity index (χ3v) is 4.18. The third-order valence-electron chi connectivity index (χ3n) is 4.18. The van der Waals surface area contributed by atoms with Gasteiger partial charge in [0.1, 0.15) is 11.5 Å². The van der Waals surface area contributed by atoms with Crippen molar-refractivity contribution in [2.75, 3.05) is 30.8 Å². The Balaban J connectivity index is 1.64. The number of nitrogens with zero attached hydrogens (tertiary/aromatic N) is 4. The summed E-state index contributed by atoms with van der Waals surface area (Å²) in [6, 6.07) is 6.86. The molecule has 3 rings (SSSR count). The molecule has 3 heterocycles. The maximum atomic E-state index is 12.4. The Morgan fingerprint density at radius 1 is 1.36 bits per heavy atom. The van der Waals surface area contributed by atoms with Gasteiger partial charge in [0, 0.05) is 38.1 Å². The van der Waals surface area contributed by atoms with E-state index in [0.717, 1.165) is 5.69 Å². The topological polar surface area (TPSA) is 103 Å². The quantitative estimate of drug-likeness (QED) is 0.759. The van der Waals surface area contributed by atoms with Gasteiger partial charge in [-0.05, 0) is 25.5 Å². The summed E-state index contributed by atoms with van der Waals surface area (Å²) in [5.41, 5.74) is 1.22. The maximum Gasteiger partial charge on any atom is 0.272 e. The number of anilines is 2. The highest BCUT2D eigenvalue weighted by atomic mass is 16.3. The third kappa shape index (κ3) is 4.03. The molecule has 8 heteroatoms. The lowest BCUT2D eigenvalue weighted by Gasteiger charge is -2.36. The number of rotatable bonds is 4. The molecule has 3 N–H and O–H groups in total. The summed E-state index contributed by atoms with van der Waals surface area (Å²) in [5.74, 6) is 1.02. The van der Waals surface area contributed by atoms with Gasteiger partial charge in [-0.2, -0.15) is 4.98 Å². The van der Waals surface area contributed by atoms with E-state index in [1.54, 1.807) is 36.3 Å². The van der Waals surface area contributed by atoms with Gasteiger partial charge in [0.15, 0.2) is 0 Å². The van der Waals surface area contributed by atoms with Crippen molar-refractivity contribution in [3.63, 3.8) is 0 Å². The van der Waals surface area contributed by atoms with Gasteiger partial charge in [0.05, 0.1) is 12.1 Å². The Kier molecular flexibility index (Phi) is 5.08. The maximum absolute atomic E-state index is 12.4. The molecule has 25 heavy (non-hydrogen) atoms. The minimum Gasteiger partial charge on any atom is -0.389 e. The number of pyridine rings is 1. The van der Waals surface area contributed by atoms with Gasteiger partial charge in [-0.1, -0.05) is 6.07 Å². The standard InChI is InChI=1S/C17H22N6O2/c1-11-9-15(18-2)22-17(20-11)21-12-6-8-23(10-14(12)24)16(25)13-5-3-4-7-19-13/h3-5,7,9,12,14,24H,6,8,10H2,1-2H3,(H2,18,20,21,22)/t12-,14-/m0/s1. The van der Waals surface area contributed by atoms with Gasteiger partial charge in [0.25, 0.3) is 5.91 Å². The predicted octanol–water partition coefficient (Wildman–Crippen LogP) is 0.909. The molecule has 132 valence electrons. The summed E-state index contributed by atoms with van der Waals surface area (Å²) in [5, 5.41) is 16.6. The number of aliphatic hydroxyl groups excluding tert-OH is 1. The van der Waals surface area contributed by atoms with Crippen molar-refractivity contribution in [3.05, 3.63) is 41.9 Å². The van der Waals surface area contributed by atoms with Crippen LogP contribution >= 0.6 is 0 Å². The minimum atomic E-state index is -0.705. The van der Waals surface area contributed by atoms with Crippen LogP contribution in [0, 0.1) is 6.92 Å². The number of β-amino-alcohol motifs (C(OH)–C–C–N with tert-alkyl or cyclic N) is 1. The second-order valence-corrected chi connectivity index (χ2v) is 6.04. The average molecular weight is 342 g/mol. The van der Waals surface area contributed by atoms with Crippen molar-refractivity contribution in [2.24, 2.45) is 0 Å². The van der Waals surface area contributed by atoms with Gasteiger partial charge in [-0.25, -0.2) is 4.98 Å². The number of carbonyl (C=O) groups excluding carboxylic acids is 1. The summed E-state index contributed by atoms with van der Waals surface area (Å²) in [6.07, 6.45) is 1.49. The zero-order chi connectivity index (χ0) is 17.8. The number of hydrogen-bond donors (Lipinski definition) is 3. The first-order chi connectivity index (χ1) is 12.1. The number of aliphatic hydroxyl groups is 1. The Hall–Kier alpha value is -2.74. The van der Waals surface area contributed by atoms with Crippen LogP contribution in [0.25, 0.3) is 0 Å². The molecule has 0 spiro atoms. The molecule has 0 saturated carbocycles. The lowest BCUT2D eigenvalue weighted by atomic mass is 10.0. The van der Waals surface area contributed by atoms with Crippen molar-refractivity contribution < 1.29 is 9.90 Å². The Labute approximate surface area is 146 Å². The number of piperidine rings is 1. The van der Waals surface area contributed by atoms with Crippen LogP contribution in [0.4, 0.5) is 11.8 Å². The summed E-state index contributed by atoms with van der Waals surface area (Å²) < 4.78 is 0. The smallest absolute Gasteiger partial charge is 0.272 e. The molecule has 8 nitrogen and oxygen atoms in total. The zero-order valence-electron chi connectivity index (χ0n) is 14.3. The summed E-state index contributed by atoms with van der Waals surface area (Å²) in [4.78, 5) is 26.8. The largest absolute Gasteiger partial charge is 0.389 e. The van der Waals surface area contributed by atoms with E-state index in [4.69, 9.17) is 0 Å². The van der Waals surface area contributed by atoms with E-state index >= 15 is 0 Å². The Bertz CT molecular complexity index is 739. The molecule has 2 aromatic heterocycles. The van der Waals surface area contributed by atoms with Crippen LogP contribution in [0.5, 0.6) is 0 Å². The fraction of sp³-hybridized carbons (Fsp3) is 0.412. The molecule has 0 bridgehead atoms. The van der Waals surface area contributed by atoms with E-state index in [9.17, 15) is 9.90 Å². The van der Waals surface area contributed by atoms with E-state index in [1.165, 1.54) is 0 Å². The average Bonchev–Trinajstić information content (AvgIpc) is 2.63. The van der Waals surface area contributed by atoms with E-state index in [-0.39, 0.29) is 18.5 Å². The number of likely N-dealkylation sites (tertiary alicyclic amines) is 1. The second kappa shape index (κ2) is 7.43. The normalized spacial score (nSPS) is 20.2. The first kappa shape index (κ1) is 17.1. The SMILES string of the molecule is CNc1cc(C)nc(N[C@H]2CCN(C(=O)c3ccccn3)C[C@@H]2O)n1. The second-order valence-electron chi connectivity index (χ2n) is 6.04. The van der Waals surface area contributed by atoms with E-state index in [0.29, 0.717) is 30.4 Å². The van der Waals surface area contributed by atoms with Crippen LogP contribution in [-0.2, 0) is 0 Å². The predicted molar refractivity (Wildman–Crippen MR) is 94.5 cm³/mol. The fourth-order valence-corrected chi connectivity index (χ4v) is 2.86. The van der Waals surface area contributed by atoms with Gasteiger partial charge >= 0.3 is 0 Å². The molecule has 1 aliphatic rings. The molecule has 2 atom stereocenters. The number of hydrogen-bond acceptors (Lipinski definition) is 7. The first-order valence-electron chi connectivity index (χ1n) is 8.25. The van der Waals surface area contributed by atoms with Crippen LogP contribution in [0.2, 0.25) is 0 Å². The number of aryl methyl sites for hydroxylation is 1. The highest BCUT2D eigenvalue weighted by Gasteiger charge is 2.31. The van der Waals surface area contributed by atoms with Crippen LogP contribution in [-0.4, -0.2) is 63.1 Å². The summed E-state index contributed by atoms with van der Waals surface area (Å²) >= 11 is 0. The molecular formula is C17H22N6O2. The molecule has 0 unspecified atom stereocenters. The molecule has 0 aliphatic carbocycles. The highest BCUT2D eigenvalue weighted by molar-refractivity contribution is 5.92. The van der Waals surface area contributed by atoms with Crippen LogP contribution in [0.1, 0.15) is 22.6 Å². The molecule has 0 radical (unpaired) electrons. The highest BCUT2D eigenvalue weighted by Crippen LogP contribution is 2.18. The van der Waals surface area contributed by atoms with Gasteiger partial charge in [-0.3, -0.25) is 9.78 Å². The number of aromatic nitrogens is 3. The molecule has 1 saturated heterocycles. The fourth-order valence-electron chi connectivity index (χ4n) is 2.86. The molecule has 1 fully saturated rings. The van der Waals surface area contributed by atoms with Gasteiger partial charge in [-0.15, -0.1) is 0 Å². The van der Waals surface area contributed by atoms with Crippen molar-refractivity contribution in [1.82, 2.24) is 19.9 Å². The van der Waals surface area contributed by atoms with Crippen LogP contribution in [0.15, 0.2) is 30.5 Å². The lowest BCUT2D eigenvalue weighted by molar-refractivity contribution is 0.0421. The van der Waals surface area contributed by atoms with Crippen molar-refractivity contribution in [1.29, 1.82) is 0 Å². The lowest BCUT2D eigenvalue weighted by Crippen LogP contribution is -2.52. The number of carbonyl (C=O) groups is 1. The first-order valence-corrected chi connectivity index (χ1v) is 8.25. The van der Waals surface area contributed by atoms with Crippen molar-refractivity contribution in [2.45, 2.75) is 25.5 Å². The Morgan fingerprint density at radius 3 is 2.88 bits per heavy atom. The van der Waals surface area contributed by atoms with Crippen LogP contribution in [0.3, 0.4) is 0 Å². The van der Waals surface area contributed by atoms with Crippen molar-refractivity contribution >= 4 is 17.7 Å². The van der Waals surface area contributed by atoms with Gasteiger partial charge in [0.2, 0.25) is 5.95 Å².